The first kappa shape index (κ1) is 25.5. The van der Waals surface area contributed by atoms with Gasteiger partial charge in [0.05, 0.1) is 11.6 Å². The van der Waals surface area contributed by atoms with Crippen LogP contribution in [0.2, 0.25) is 0 Å². The van der Waals surface area contributed by atoms with Gasteiger partial charge < -0.3 is 19.7 Å². The second-order valence-electron chi connectivity index (χ2n) is 9.35. The van der Waals surface area contributed by atoms with Crippen molar-refractivity contribution in [2.45, 2.75) is 32.6 Å². The number of anilines is 2. The Bertz CT molecular complexity index is 1180. The number of piperidine rings is 1. The van der Waals surface area contributed by atoms with E-state index in [1.165, 1.54) is 6.07 Å². The third-order valence-electron chi connectivity index (χ3n) is 7.23. The van der Waals surface area contributed by atoms with Crippen LogP contribution in [0.4, 0.5) is 15.8 Å². The molecular weight excluding hydrogens is 455 g/mol. The number of benzene rings is 2. The minimum Gasteiger partial charge on any atom is -0.369 e. The van der Waals surface area contributed by atoms with Crippen molar-refractivity contribution in [3.05, 3.63) is 83.9 Å². The van der Waals surface area contributed by atoms with Gasteiger partial charge in [-0.05, 0) is 68.5 Å². The molecule has 1 aliphatic heterocycles. The van der Waals surface area contributed by atoms with E-state index in [4.69, 9.17) is 0 Å². The zero-order chi connectivity index (χ0) is 25.7. The van der Waals surface area contributed by atoms with Crippen LogP contribution >= 0.6 is 0 Å². The minimum absolute atomic E-state index is 0.175. The molecule has 7 heteroatoms. The van der Waals surface area contributed by atoms with Gasteiger partial charge in [0.25, 0.3) is 5.91 Å². The van der Waals surface area contributed by atoms with Crippen LogP contribution in [0, 0.1) is 11.7 Å². The van der Waals surface area contributed by atoms with E-state index in [-0.39, 0.29) is 29.5 Å². The molecule has 36 heavy (non-hydrogen) atoms. The lowest BCUT2D eigenvalue weighted by Gasteiger charge is -2.38. The largest absolute Gasteiger partial charge is 0.369 e. The lowest BCUT2D eigenvalue weighted by atomic mass is 9.79. The van der Waals surface area contributed by atoms with Crippen LogP contribution in [0.1, 0.15) is 48.7 Å². The molecule has 1 aromatic heterocycles. The number of hydrogen-bond acceptors (Lipinski definition) is 3. The molecular formula is C29H35FN4O2. The van der Waals surface area contributed by atoms with Gasteiger partial charge >= 0.3 is 0 Å². The lowest BCUT2D eigenvalue weighted by molar-refractivity contribution is -0.134. The molecule has 0 spiro atoms. The van der Waals surface area contributed by atoms with Crippen LogP contribution < -0.4 is 10.2 Å². The maximum atomic E-state index is 15.1. The number of carbonyl (C=O) groups is 2. The van der Waals surface area contributed by atoms with Gasteiger partial charge in [0.15, 0.2) is 0 Å². The number of likely N-dealkylation sites (N-methyl/N-ethyl adjacent to an activating group) is 1. The Labute approximate surface area is 212 Å². The molecule has 2 amide bonds. The zero-order valence-electron chi connectivity index (χ0n) is 21.3. The van der Waals surface area contributed by atoms with Crippen molar-refractivity contribution in [2.75, 3.05) is 36.4 Å². The van der Waals surface area contributed by atoms with Gasteiger partial charge in [-0.3, -0.25) is 9.59 Å². The molecule has 1 atom stereocenters. The molecule has 0 radical (unpaired) electrons. The van der Waals surface area contributed by atoms with E-state index in [1.807, 2.05) is 54.0 Å². The molecule has 3 aromatic rings. The molecule has 1 fully saturated rings. The van der Waals surface area contributed by atoms with Gasteiger partial charge in [0.1, 0.15) is 11.5 Å². The highest BCUT2D eigenvalue weighted by atomic mass is 19.1. The molecule has 2 aromatic carbocycles. The Morgan fingerprint density at radius 2 is 1.72 bits per heavy atom. The van der Waals surface area contributed by atoms with Crippen molar-refractivity contribution in [3.63, 3.8) is 0 Å². The first-order valence-corrected chi connectivity index (χ1v) is 12.7. The summed E-state index contributed by atoms with van der Waals surface area (Å²) < 4.78 is 16.8. The van der Waals surface area contributed by atoms with Crippen molar-refractivity contribution < 1.29 is 14.0 Å². The molecule has 0 saturated carbocycles. The summed E-state index contributed by atoms with van der Waals surface area (Å²) in [5.41, 5.74) is 2.51. The highest BCUT2D eigenvalue weighted by Crippen LogP contribution is 2.36. The SMILES string of the molecule is CCN(CC)C(=O)C(c1ccccc1)C1CCN(c2ccc(NC(=O)c3cccn3C)cc2F)CC1. The Hall–Kier alpha value is -3.61. The summed E-state index contributed by atoms with van der Waals surface area (Å²) in [5, 5.41) is 2.77. The Balaban J connectivity index is 1.45. The maximum Gasteiger partial charge on any atom is 0.272 e. The normalized spacial score (nSPS) is 14.9. The number of aryl methyl sites for hydroxylation is 1. The second kappa shape index (κ2) is 11.4. The molecule has 2 heterocycles. The number of rotatable bonds is 8. The zero-order valence-corrected chi connectivity index (χ0v) is 21.3. The van der Waals surface area contributed by atoms with E-state index in [0.717, 1.165) is 18.4 Å². The topological polar surface area (TPSA) is 57.6 Å². The van der Waals surface area contributed by atoms with Gasteiger partial charge in [0, 0.05) is 45.1 Å². The highest BCUT2D eigenvalue weighted by Gasteiger charge is 2.35. The van der Waals surface area contributed by atoms with Crippen molar-refractivity contribution in [1.82, 2.24) is 9.47 Å². The van der Waals surface area contributed by atoms with Crippen LogP contribution in [0.3, 0.4) is 0 Å². The van der Waals surface area contributed by atoms with E-state index < -0.39 is 0 Å². The third kappa shape index (κ3) is 5.45. The monoisotopic (exact) mass is 490 g/mol. The third-order valence-corrected chi connectivity index (χ3v) is 7.23. The summed E-state index contributed by atoms with van der Waals surface area (Å²) in [6.45, 7) is 6.75. The lowest BCUT2D eigenvalue weighted by Crippen LogP contribution is -2.42. The van der Waals surface area contributed by atoms with Crippen LogP contribution in [0.15, 0.2) is 66.9 Å². The molecule has 1 unspecified atom stereocenters. The van der Waals surface area contributed by atoms with Crippen molar-refractivity contribution in [3.8, 4) is 0 Å². The molecule has 1 saturated heterocycles. The van der Waals surface area contributed by atoms with Crippen molar-refractivity contribution in [1.29, 1.82) is 0 Å². The molecule has 0 aliphatic carbocycles. The number of aromatic nitrogens is 1. The molecule has 4 rings (SSSR count). The standard InChI is InChI=1S/C29H35FN4O2/c1-4-33(5-2)29(36)27(21-10-7-6-8-11-21)22-15-18-34(19-16-22)25-14-13-23(20-24(25)30)31-28(35)26-12-9-17-32(26)3/h6-14,17,20,22,27H,4-5,15-16,18-19H2,1-3H3,(H,31,35). The fourth-order valence-corrected chi connectivity index (χ4v) is 5.22. The fraction of sp³-hybridized carbons (Fsp3) is 0.379. The van der Waals surface area contributed by atoms with Crippen LogP contribution in [-0.4, -0.2) is 47.5 Å². The highest BCUT2D eigenvalue weighted by molar-refractivity contribution is 6.03. The molecule has 6 nitrogen and oxygen atoms in total. The van der Waals surface area contributed by atoms with Crippen molar-refractivity contribution in [2.24, 2.45) is 13.0 Å². The predicted molar refractivity (Wildman–Crippen MR) is 142 cm³/mol. The summed E-state index contributed by atoms with van der Waals surface area (Å²) in [6.07, 6.45) is 3.40. The summed E-state index contributed by atoms with van der Waals surface area (Å²) in [5.74, 6) is -0.455. The molecule has 0 bridgehead atoms. The van der Waals surface area contributed by atoms with Gasteiger partial charge in [0.2, 0.25) is 5.91 Å². The number of carbonyl (C=O) groups excluding carboxylic acids is 2. The summed E-state index contributed by atoms with van der Waals surface area (Å²) >= 11 is 0. The van der Waals surface area contributed by atoms with E-state index in [2.05, 4.69) is 5.32 Å². The Kier molecular flexibility index (Phi) is 8.08. The minimum atomic E-state index is -0.364. The van der Waals surface area contributed by atoms with Gasteiger partial charge in [-0.2, -0.15) is 0 Å². The molecule has 1 N–H and O–H groups in total. The maximum absolute atomic E-state index is 15.1. The van der Waals surface area contributed by atoms with E-state index in [0.29, 0.717) is 43.2 Å². The first-order valence-electron chi connectivity index (χ1n) is 12.7. The average molecular weight is 491 g/mol. The average Bonchev–Trinajstić information content (AvgIpc) is 3.32. The number of nitrogens with one attached hydrogen (secondary N) is 1. The van der Waals surface area contributed by atoms with Gasteiger partial charge in [-0.15, -0.1) is 0 Å². The summed E-state index contributed by atoms with van der Waals surface area (Å²) in [4.78, 5) is 29.9. The van der Waals surface area contributed by atoms with E-state index in [1.54, 1.807) is 42.1 Å². The summed E-state index contributed by atoms with van der Waals surface area (Å²) in [7, 11) is 1.79. The summed E-state index contributed by atoms with van der Waals surface area (Å²) in [6, 6.07) is 18.4. The molecule has 1 aliphatic rings. The number of amides is 2. The van der Waals surface area contributed by atoms with Gasteiger partial charge in [-0.25, -0.2) is 4.39 Å². The number of nitrogens with zero attached hydrogens (tertiary/aromatic N) is 3. The van der Waals surface area contributed by atoms with Crippen LogP contribution in [0.25, 0.3) is 0 Å². The second-order valence-corrected chi connectivity index (χ2v) is 9.35. The predicted octanol–water partition coefficient (Wildman–Crippen LogP) is 5.29. The fourth-order valence-electron chi connectivity index (χ4n) is 5.22. The Morgan fingerprint density at radius 1 is 1.03 bits per heavy atom. The molecule has 190 valence electrons. The van der Waals surface area contributed by atoms with E-state index >= 15 is 4.39 Å². The van der Waals surface area contributed by atoms with E-state index in [9.17, 15) is 9.59 Å². The smallest absolute Gasteiger partial charge is 0.272 e. The number of halogens is 1. The first-order chi connectivity index (χ1) is 17.4. The van der Waals surface area contributed by atoms with Crippen LogP contribution in [-0.2, 0) is 11.8 Å². The van der Waals surface area contributed by atoms with Crippen molar-refractivity contribution >= 4 is 23.2 Å². The quantitative estimate of drug-likeness (QED) is 0.467. The van der Waals surface area contributed by atoms with Gasteiger partial charge in [-0.1, -0.05) is 30.3 Å². The number of hydrogen-bond donors (Lipinski definition) is 1. The Morgan fingerprint density at radius 3 is 2.31 bits per heavy atom. The van der Waals surface area contributed by atoms with Crippen LogP contribution in [0.5, 0.6) is 0 Å².